The molecule has 0 aliphatic carbocycles. The lowest BCUT2D eigenvalue weighted by atomic mass is 10.4. The van der Waals surface area contributed by atoms with Gasteiger partial charge in [0.05, 0.1) is 10.6 Å². The second kappa shape index (κ2) is 9.34. The van der Waals surface area contributed by atoms with E-state index in [0.717, 1.165) is 0 Å². The van der Waals surface area contributed by atoms with Crippen molar-refractivity contribution in [2.24, 2.45) is 0 Å². The third-order valence-corrected chi connectivity index (χ3v) is 5.28. The summed E-state index contributed by atoms with van der Waals surface area (Å²) in [5.74, 6) is -0.303. The van der Waals surface area contributed by atoms with Gasteiger partial charge < -0.3 is 5.32 Å². The van der Waals surface area contributed by atoms with Crippen LogP contribution in [-0.2, 0) is 20.0 Å². The zero-order chi connectivity index (χ0) is 15.1. The summed E-state index contributed by atoms with van der Waals surface area (Å²) >= 11 is 0. The maximum Gasteiger partial charge on any atom is 0.240 e. The number of halogens is 1. The van der Waals surface area contributed by atoms with Gasteiger partial charge in [-0.2, -0.15) is 0 Å². The molecule has 0 spiro atoms. The summed E-state index contributed by atoms with van der Waals surface area (Å²) < 4.78 is 51.4. The van der Waals surface area contributed by atoms with Gasteiger partial charge in [0, 0.05) is 19.6 Å². The standard InChI is InChI=1S/C11H19N3O4S2.ClH/c1-12-7-8-13-19(15,16)10-9-14-20(17,18)11-5-3-2-4-6-11;/h2-6,12-14H,7-10H2,1H3;1H. The molecule has 0 aliphatic rings. The third-order valence-electron chi connectivity index (χ3n) is 2.41. The Hall–Kier alpha value is -0.710. The van der Waals surface area contributed by atoms with E-state index in [-0.39, 0.29) is 36.1 Å². The molecule has 0 radical (unpaired) electrons. The summed E-state index contributed by atoms with van der Waals surface area (Å²) in [6.45, 7) is 0.603. The Morgan fingerprint density at radius 3 is 2.10 bits per heavy atom. The number of nitrogens with one attached hydrogen (secondary N) is 3. The highest BCUT2D eigenvalue weighted by Crippen LogP contribution is 2.06. The molecule has 0 heterocycles. The predicted octanol–water partition coefficient (Wildman–Crippen LogP) is -0.474. The molecule has 1 rings (SSSR count). The number of hydrogen-bond donors (Lipinski definition) is 3. The maximum atomic E-state index is 11.8. The summed E-state index contributed by atoms with van der Waals surface area (Å²) in [6.07, 6.45) is 0. The molecular weight excluding hydrogens is 338 g/mol. The van der Waals surface area contributed by atoms with E-state index in [0.29, 0.717) is 6.54 Å². The number of likely N-dealkylation sites (N-methyl/N-ethyl adjacent to an activating group) is 1. The lowest BCUT2D eigenvalue weighted by molar-refractivity contribution is 0.574. The van der Waals surface area contributed by atoms with Crippen molar-refractivity contribution in [2.45, 2.75) is 4.90 Å². The van der Waals surface area contributed by atoms with Crippen molar-refractivity contribution in [3.63, 3.8) is 0 Å². The first-order chi connectivity index (χ1) is 9.37. The highest BCUT2D eigenvalue weighted by molar-refractivity contribution is 7.90. The van der Waals surface area contributed by atoms with Crippen LogP contribution in [0.15, 0.2) is 35.2 Å². The van der Waals surface area contributed by atoms with Gasteiger partial charge in [0.25, 0.3) is 0 Å². The van der Waals surface area contributed by atoms with Gasteiger partial charge in [0.15, 0.2) is 0 Å². The molecule has 0 fully saturated rings. The zero-order valence-electron chi connectivity index (χ0n) is 11.6. The first kappa shape index (κ1) is 20.3. The fourth-order valence-corrected chi connectivity index (χ4v) is 3.51. The van der Waals surface area contributed by atoms with Crippen molar-refractivity contribution in [3.8, 4) is 0 Å². The topological polar surface area (TPSA) is 104 Å². The first-order valence-corrected chi connectivity index (χ1v) is 9.17. The van der Waals surface area contributed by atoms with Gasteiger partial charge >= 0.3 is 0 Å². The lowest BCUT2D eigenvalue weighted by Crippen LogP contribution is -2.36. The Kier molecular flexibility index (Phi) is 9.02. The Bertz CT molecular complexity index is 606. The molecule has 21 heavy (non-hydrogen) atoms. The second-order valence-electron chi connectivity index (χ2n) is 4.03. The second-order valence-corrected chi connectivity index (χ2v) is 7.72. The number of sulfonamides is 2. The average molecular weight is 358 g/mol. The van der Waals surface area contributed by atoms with Gasteiger partial charge in [0.2, 0.25) is 20.0 Å². The van der Waals surface area contributed by atoms with Crippen LogP contribution in [0, 0.1) is 0 Å². The molecule has 0 amide bonds. The van der Waals surface area contributed by atoms with Crippen molar-refractivity contribution < 1.29 is 16.8 Å². The van der Waals surface area contributed by atoms with E-state index in [9.17, 15) is 16.8 Å². The van der Waals surface area contributed by atoms with E-state index in [1.54, 1.807) is 25.2 Å². The fraction of sp³-hybridized carbons (Fsp3) is 0.455. The van der Waals surface area contributed by atoms with Crippen LogP contribution in [0.25, 0.3) is 0 Å². The molecule has 0 unspecified atom stereocenters. The van der Waals surface area contributed by atoms with Gasteiger partial charge in [-0.05, 0) is 19.2 Å². The van der Waals surface area contributed by atoms with Gasteiger partial charge in [-0.15, -0.1) is 12.4 Å². The minimum Gasteiger partial charge on any atom is -0.318 e. The van der Waals surface area contributed by atoms with Crippen molar-refractivity contribution in [1.82, 2.24) is 14.8 Å². The van der Waals surface area contributed by atoms with Crippen molar-refractivity contribution in [2.75, 3.05) is 32.4 Å². The van der Waals surface area contributed by atoms with Crippen LogP contribution >= 0.6 is 12.4 Å². The third kappa shape index (κ3) is 7.74. The quantitative estimate of drug-likeness (QED) is 0.518. The highest BCUT2D eigenvalue weighted by Gasteiger charge is 2.15. The van der Waals surface area contributed by atoms with E-state index >= 15 is 0 Å². The predicted molar refractivity (Wildman–Crippen MR) is 84.6 cm³/mol. The molecule has 0 bridgehead atoms. The molecule has 3 N–H and O–H groups in total. The number of rotatable bonds is 9. The first-order valence-electron chi connectivity index (χ1n) is 6.04. The Labute approximate surface area is 132 Å². The van der Waals surface area contributed by atoms with Crippen LogP contribution < -0.4 is 14.8 Å². The van der Waals surface area contributed by atoms with Gasteiger partial charge in [-0.3, -0.25) is 0 Å². The minimum absolute atomic E-state index is 0. The smallest absolute Gasteiger partial charge is 0.240 e. The van der Waals surface area contributed by atoms with Crippen molar-refractivity contribution in [3.05, 3.63) is 30.3 Å². The molecule has 0 aliphatic heterocycles. The largest absolute Gasteiger partial charge is 0.318 e. The molecule has 0 saturated heterocycles. The summed E-state index contributed by atoms with van der Waals surface area (Å²) in [7, 11) is -5.43. The number of benzene rings is 1. The van der Waals surface area contributed by atoms with Crippen LogP contribution in [0.3, 0.4) is 0 Å². The molecule has 0 atom stereocenters. The highest BCUT2D eigenvalue weighted by atomic mass is 35.5. The summed E-state index contributed by atoms with van der Waals surface area (Å²) in [5, 5.41) is 2.80. The number of hydrogen-bond acceptors (Lipinski definition) is 5. The van der Waals surface area contributed by atoms with Gasteiger partial charge in [-0.25, -0.2) is 26.3 Å². The molecule has 122 valence electrons. The summed E-state index contributed by atoms with van der Waals surface area (Å²) in [6, 6.07) is 7.80. The van der Waals surface area contributed by atoms with Crippen LogP contribution in [0.2, 0.25) is 0 Å². The molecule has 10 heteroatoms. The minimum atomic E-state index is -3.66. The summed E-state index contributed by atoms with van der Waals surface area (Å²) in [5.41, 5.74) is 0. The van der Waals surface area contributed by atoms with Gasteiger partial charge in [0.1, 0.15) is 0 Å². The Balaban J connectivity index is 0.00000400. The monoisotopic (exact) mass is 357 g/mol. The van der Waals surface area contributed by atoms with E-state index in [2.05, 4.69) is 14.8 Å². The Morgan fingerprint density at radius 1 is 0.905 bits per heavy atom. The van der Waals surface area contributed by atoms with Crippen molar-refractivity contribution >= 4 is 32.5 Å². The van der Waals surface area contributed by atoms with E-state index in [1.165, 1.54) is 12.1 Å². The molecule has 1 aromatic rings. The molecule has 7 nitrogen and oxygen atoms in total. The van der Waals surface area contributed by atoms with Crippen LogP contribution in [-0.4, -0.2) is 49.3 Å². The maximum absolute atomic E-state index is 11.8. The lowest BCUT2D eigenvalue weighted by Gasteiger charge is -2.08. The summed E-state index contributed by atoms with van der Waals surface area (Å²) in [4.78, 5) is 0.112. The SMILES string of the molecule is CNCCNS(=O)(=O)CCNS(=O)(=O)c1ccccc1.Cl. The zero-order valence-corrected chi connectivity index (χ0v) is 14.0. The van der Waals surface area contributed by atoms with Gasteiger partial charge in [-0.1, -0.05) is 18.2 Å². The molecule has 0 saturated carbocycles. The Morgan fingerprint density at radius 2 is 1.52 bits per heavy atom. The van der Waals surface area contributed by atoms with Crippen LogP contribution in [0.1, 0.15) is 0 Å². The van der Waals surface area contributed by atoms with Crippen LogP contribution in [0.4, 0.5) is 0 Å². The average Bonchev–Trinajstić information content (AvgIpc) is 2.39. The molecule has 1 aromatic carbocycles. The van der Waals surface area contributed by atoms with E-state index in [1.807, 2.05) is 0 Å². The normalized spacial score (nSPS) is 11.9. The fourth-order valence-electron chi connectivity index (χ4n) is 1.40. The van der Waals surface area contributed by atoms with E-state index in [4.69, 9.17) is 0 Å². The molecular formula is C11H20ClN3O4S2. The molecule has 0 aromatic heterocycles. The van der Waals surface area contributed by atoms with Crippen molar-refractivity contribution in [1.29, 1.82) is 0 Å². The van der Waals surface area contributed by atoms with Crippen LogP contribution in [0.5, 0.6) is 0 Å². The van der Waals surface area contributed by atoms with E-state index < -0.39 is 20.0 Å².